The monoisotopic (exact) mass is 322 g/mol. The molecule has 24 heavy (non-hydrogen) atoms. The zero-order valence-corrected chi connectivity index (χ0v) is 14.2. The van der Waals surface area contributed by atoms with Gasteiger partial charge in [0.1, 0.15) is 0 Å². The quantitative estimate of drug-likeness (QED) is 0.758. The predicted octanol–water partition coefficient (Wildman–Crippen LogP) is 3.01. The van der Waals surface area contributed by atoms with E-state index in [1.165, 1.54) is 5.56 Å². The number of rotatable bonds is 6. The highest BCUT2D eigenvalue weighted by Crippen LogP contribution is 2.24. The van der Waals surface area contributed by atoms with E-state index in [1.807, 2.05) is 56.6 Å². The fourth-order valence-electron chi connectivity index (χ4n) is 2.93. The minimum Gasteiger partial charge on any atom is -0.481 e. The van der Waals surface area contributed by atoms with E-state index in [1.54, 1.807) is 11.8 Å². The minimum absolute atomic E-state index is 0.0108. The van der Waals surface area contributed by atoms with E-state index in [-0.39, 0.29) is 6.04 Å². The van der Waals surface area contributed by atoms with Crippen LogP contribution in [0, 0.1) is 6.92 Å². The summed E-state index contributed by atoms with van der Waals surface area (Å²) in [5.41, 5.74) is 4.20. The van der Waals surface area contributed by atoms with Crippen LogP contribution in [-0.4, -0.2) is 21.9 Å². The zero-order valence-electron chi connectivity index (χ0n) is 14.2. The van der Waals surface area contributed by atoms with Crippen molar-refractivity contribution >= 4 is 0 Å². The molecule has 0 aliphatic heterocycles. The molecule has 1 atom stereocenters. The first-order valence-corrected chi connectivity index (χ1v) is 7.96. The molecule has 5 nitrogen and oxygen atoms in total. The number of benzene rings is 1. The topological polar surface area (TPSA) is 52.0 Å². The highest BCUT2D eigenvalue weighted by Gasteiger charge is 2.18. The Balaban J connectivity index is 1.89. The highest BCUT2D eigenvalue weighted by molar-refractivity contribution is 5.32. The van der Waals surface area contributed by atoms with Crippen LogP contribution in [-0.2, 0) is 13.6 Å². The number of nitrogens with zero attached hydrogens (tertiary/aromatic N) is 3. The average Bonchev–Trinajstić information content (AvgIpc) is 2.90. The van der Waals surface area contributed by atoms with E-state index in [4.69, 9.17) is 4.74 Å². The van der Waals surface area contributed by atoms with Crippen molar-refractivity contribution in [3.63, 3.8) is 0 Å². The van der Waals surface area contributed by atoms with Crippen molar-refractivity contribution in [1.82, 2.24) is 20.1 Å². The third-order valence-electron chi connectivity index (χ3n) is 4.08. The molecule has 0 bridgehead atoms. The van der Waals surface area contributed by atoms with E-state index in [0.29, 0.717) is 6.54 Å². The van der Waals surface area contributed by atoms with Crippen LogP contribution in [0.5, 0.6) is 5.88 Å². The van der Waals surface area contributed by atoms with E-state index in [2.05, 4.69) is 27.5 Å². The second-order valence-electron chi connectivity index (χ2n) is 5.68. The molecular formula is C19H22N4O. The smallest absolute Gasteiger partial charge is 0.216 e. The fourth-order valence-corrected chi connectivity index (χ4v) is 2.93. The van der Waals surface area contributed by atoms with Gasteiger partial charge in [-0.2, -0.15) is 5.10 Å². The molecule has 2 heterocycles. The average molecular weight is 322 g/mol. The molecule has 0 saturated carbocycles. The van der Waals surface area contributed by atoms with Crippen LogP contribution < -0.4 is 10.1 Å². The van der Waals surface area contributed by atoms with Gasteiger partial charge in [-0.15, -0.1) is 0 Å². The van der Waals surface area contributed by atoms with Gasteiger partial charge in [0.15, 0.2) is 0 Å². The Hall–Kier alpha value is -2.66. The maximum atomic E-state index is 5.49. The first-order chi connectivity index (χ1) is 11.7. The lowest BCUT2D eigenvalue weighted by Crippen LogP contribution is -2.23. The molecular weight excluding hydrogens is 300 g/mol. The number of hydrogen-bond donors (Lipinski definition) is 1. The number of nitrogens with one attached hydrogen (secondary N) is 1. The number of hydrogen-bond acceptors (Lipinski definition) is 4. The van der Waals surface area contributed by atoms with Gasteiger partial charge in [-0.1, -0.05) is 36.4 Å². The number of aromatic nitrogens is 3. The maximum absolute atomic E-state index is 5.49. The van der Waals surface area contributed by atoms with Gasteiger partial charge >= 0.3 is 0 Å². The van der Waals surface area contributed by atoms with Crippen LogP contribution in [0.3, 0.4) is 0 Å². The number of aryl methyl sites for hydroxylation is 2. The van der Waals surface area contributed by atoms with Gasteiger partial charge in [-0.25, -0.2) is 4.68 Å². The molecule has 0 saturated heterocycles. The fraction of sp³-hybridized carbons (Fsp3) is 0.263. The number of ether oxygens (including phenoxy) is 1. The Morgan fingerprint density at radius 3 is 2.54 bits per heavy atom. The van der Waals surface area contributed by atoms with E-state index < -0.39 is 0 Å². The van der Waals surface area contributed by atoms with Crippen LogP contribution in [0.4, 0.5) is 0 Å². The molecule has 0 unspecified atom stereocenters. The van der Waals surface area contributed by atoms with Crippen molar-refractivity contribution in [2.75, 3.05) is 7.11 Å². The zero-order chi connectivity index (χ0) is 16.9. The molecule has 0 aliphatic carbocycles. The SMILES string of the molecule is COc1c(CN[C@H](c2ccccc2)c2ccccn2)c(C)nn1C. The molecule has 1 N–H and O–H groups in total. The lowest BCUT2D eigenvalue weighted by molar-refractivity contribution is 0.367. The molecule has 0 amide bonds. The molecule has 0 spiro atoms. The summed E-state index contributed by atoms with van der Waals surface area (Å²) in [4.78, 5) is 4.52. The van der Waals surface area contributed by atoms with Crippen molar-refractivity contribution in [2.45, 2.75) is 19.5 Å². The molecule has 0 radical (unpaired) electrons. The Kier molecular flexibility index (Phi) is 4.91. The van der Waals surface area contributed by atoms with E-state index in [9.17, 15) is 0 Å². The Morgan fingerprint density at radius 2 is 1.88 bits per heavy atom. The van der Waals surface area contributed by atoms with Crippen molar-refractivity contribution in [2.24, 2.45) is 7.05 Å². The summed E-state index contributed by atoms with van der Waals surface area (Å²) in [6, 6.07) is 16.3. The molecule has 124 valence electrons. The molecule has 3 aromatic rings. The van der Waals surface area contributed by atoms with Crippen LogP contribution >= 0.6 is 0 Å². The van der Waals surface area contributed by atoms with Crippen molar-refractivity contribution in [3.05, 3.63) is 77.2 Å². The summed E-state index contributed by atoms with van der Waals surface area (Å²) in [5.74, 6) is 0.785. The second-order valence-corrected chi connectivity index (χ2v) is 5.68. The maximum Gasteiger partial charge on any atom is 0.216 e. The standard InChI is InChI=1S/C19H22N4O/c1-14-16(19(24-3)23(2)22-14)13-21-18(15-9-5-4-6-10-15)17-11-7-8-12-20-17/h4-12,18,21H,13H2,1-3H3/t18-/m1/s1. The third-order valence-corrected chi connectivity index (χ3v) is 4.08. The van der Waals surface area contributed by atoms with Crippen LogP contribution in [0.25, 0.3) is 0 Å². The van der Waals surface area contributed by atoms with Crippen molar-refractivity contribution in [3.8, 4) is 5.88 Å². The lowest BCUT2D eigenvalue weighted by Gasteiger charge is -2.19. The first-order valence-electron chi connectivity index (χ1n) is 7.96. The largest absolute Gasteiger partial charge is 0.481 e. The van der Waals surface area contributed by atoms with Gasteiger partial charge in [0, 0.05) is 19.8 Å². The summed E-state index contributed by atoms with van der Waals surface area (Å²) < 4.78 is 7.25. The number of pyridine rings is 1. The molecule has 2 aromatic heterocycles. The van der Waals surface area contributed by atoms with Crippen molar-refractivity contribution in [1.29, 1.82) is 0 Å². The highest BCUT2D eigenvalue weighted by atomic mass is 16.5. The molecule has 0 fully saturated rings. The number of methoxy groups -OCH3 is 1. The molecule has 5 heteroatoms. The van der Waals surface area contributed by atoms with Crippen LogP contribution in [0.2, 0.25) is 0 Å². The second kappa shape index (κ2) is 7.27. The van der Waals surface area contributed by atoms with Gasteiger partial charge in [-0.3, -0.25) is 4.98 Å². The summed E-state index contributed by atoms with van der Waals surface area (Å²) in [6.07, 6.45) is 1.82. The normalized spacial score (nSPS) is 12.1. The lowest BCUT2D eigenvalue weighted by atomic mass is 10.0. The van der Waals surface area contributed by atoms with Gasteiger partial charge in [0.2, 0.25) is 5.88 Å². The minimum atomic E-state index is 0.0108. The van der Waals surface area contributed by atoms with Gasteiger partial charge < -0.3 is 10.1 Å². The van der Waals surface area contributed by atoms with Gasteiger partial charge in [0.25, 0.3) is 0 Å². The summed E-state index contributed by atoms with van der Waals surface area (Å²) >= 11 is 0. The van der Waals surface area contributed by atoms with Crippen LogP contribution in [0.15, 0.2) is 54.7 Å². The predicted molar refractivity (Wildman–Crippen MR) is 93.9 cm³/mol. The summed E-state index contributed by atoms with van der Waals surface area (Å²) in [6.45, 7) is 2.65. The Bertz CT molecular complexity index is 744. The van der Waals surface area contributed by atoms with E-state index in [0.717, 1.165) is 22.8 Å². The Labute approximate surface area is 142 Å². The molecule has 3 rings (SSSR count). The van der Waals surface area contributed by atoms with Gasteiger partial charge in [-0.05, 0) is 24.6 Å². The van der Waals surface area contributed by atoms with E-state index >= 15 is 0 Å². The van der Waals surface area contributed by atoms with Crippen molar-refractivity contribution < 1.29 is 4.74 Å². The molecule has 0 aliphatic rings. The first kappa shape index (κ1) is 16.2. The molecule has 1 aromatic carbocycles. The Morgan fingerprint density at radius 1 is 1.12 bits per heavy atom. The van der Waals surface area contributed by atoms with Crippen LogP contribution in [0.1, 0.15) is 28.6 Å². The third kappa shape index (κ3) is 3.31. The summed E-state index contributed by atoms with van der Waals surface area (Å²) in [5, 5.41) is 8.04. The van der Waals surface area contributed by atoms with Gasteiger partial charge in [0.05, 0.1) is 30.1 Å². The summed E-state index contributed by atoms with van der Waals surface area (Å²) in [7, 11) is 3.57.